The van der Waals surface area contributed by atoms with Gasteiger partial charge in [-0.15, -0.1) is 0 Å². The first-order valence-corrected chi connectivity index (χ1v) is 7.15. The maximum absolute atomic E-state index is 12.2. The fraction of sp³-hybridized carbons (Fsp3) is 0.222. The van der Waals surface area contributed by atoms with Crippen molar-refractivity contribution in [1.82, 2.24) is 0 Å². The Balaban J connectivity index is 2.09. The average Bonchev–Trinajstić information content (AvgIpc) is 2.65. The first kappa shape index (κ1) is 17.3. The summed E-state index contributed by atoms with van der Waals surface area (Å²) < 4.78 is 20.2. The Kier molecular flexibility index (Phi) is 5.78. The molecule has 6 nitrogen and oxygen atoms in total. The van der Waals surface area contributed by atoms with Crippen molar-refractivity contribution in [2.24, 2.45) is 0 Å². The predicted molar refractivity (Wildman–Crippen MR) is 86.4 cm³/mol. The zero-order chi connectivity index (χ0) is 17.5. The molecule has 0 aliphatic rings. The Morgan fingerprint density at radius 2 is 1.50 bits per heavy atom. The summed E-state index contributed by atoms with van der Waals surface area (Å²) in [5.41, 5.74) is 1.39. The molecule has 0 heterocycles. The lowest BCUT2D eigenvalue weighted by atomic mass is 10.1. The molecule has 0 spiro atoms. The second kappa shape index (κ2) is 8.01. The van der Waals surface area contributed by atoms with Crippen molar-refractivity contribution < 1.29 is 28.5 Å². The zero-order valence-electron chi connectivity index (χ0n) is 13.7. The van der Waals surface area contributed by atoms with Gasteiger partial charge in [0.1, 0.15) is 18.1 Å². The van der Waals surface area contributed by atoms with Gasteiger partial charge in [-0.1, -0.05) is 12.1 Å². The van der Waals surface area contributed by atoms with Crippen LogP contribution in [0.5, 0.6) is 11.5 Å². The molecule has 2 aromatic carbocycles. The number of carbonyl (C=O) groups excluding carboxylic acids is 2. The van der Waals surface area contributed by atoms with Crippen LogP contribution >= 0.6 is 0 Å². The van der Waals surface area contributed by atoms with Gasteiger partial charge in [0.2, 0.25) is 0 Å². The number of methoxy groups -OCH3 is 3. The minimum Gasteiger partial charge on any atom is -0.497 e. The fourth-order valence-corrected chi connectivity index (χ4v) is 2.06. The third-order valence-electron chi connectivity index (χ3n) is 3.31. The standard InChI is InChI=1S/C18H18O6/c1-21-15-8-14(9-16(10-15)22-2)18(20)24-11-12-5-4-6-13(7-12)17(19)23-3/h4-10H,11H2,1-3H3. The lowest BCUT2D eigenvalue weighted by Crippen LogP contribution is -2.07. The Morgan fingerprint density at radius 3 is 2.08 bits per heavy atom. The smallest absolute Gasteiger partial charge is 0.338 e. The number of carbonyl (C=O) groups is 2. The van der Waals surface area contributed by atoms with Gasteiger partial charge in [-0.25, -0.2) is 9.59 Å². The van der Waals surface area contributed by atoms with Crippen LogP contribution in [0.3, 0.4) is 0 Å². The highest BCUT2D eigenvalue weighted by atomic mass is 16.5. The highest BCUT2D eigenvalue weighted by molar-refractivity contribution is 5.91. The van der Waals surface area contributed by atoms with E-state index in [9.17, 15) is 9.59 Å². The van der Waals surface area contributed by atoms with E-state index in [1.807, 2.05) is 0 Å². The van der Waals surface area contributed by atoms with Gasteiger partial charge in [0.15, 0.2) is 0 Å². The van der Waals surface area contributed by atoms with Crippen LogP contribution in [0.25, 0.3) is 0 Å². The normalized spacial score (nSPS) is 9.96. The summed E-state index contributed by atoms with van der Waals surface area (Å²) >= 11 is 0. The topological polar surface area (TPSA) is 71.1 Å². The third-order valence-corrected chi connectivity index (χ3v) is 3.31. The van der Waals surface area contributed by atoms with Crippen molar-refractivity contribution in [1.29, 1.82) is 0 Å². The van der Waals surface area contributed by atoms with Crippen LogP contribution in [0.4, 0.5) is 0 Å². The third kappa shape index (κ3) is 4.25. The summed E-state index contributed by atoms with van der Waals surface area (Å²) in [5, 5.41) is 0. The molecule has 24 heavy (non-hydrogen) atoms. The van der Waals surface area contributed by atoms with Gasteiger partial charge < -0.3 is 18.9 Å². The Labute approximate surface area is 139 Å². The van der Waals surface area contributed by atoms with Crippen LogP contribution in [0.1, 0.15) is 26.3 Å². The van der Waals surface area contributed by atoms with Crippen LogP contribution < -0.4 is 9.47 Å². The second-order valence-corrected chi connectivity index (χ2v) is 4.87. The van der Waals surface area contributed by atoms with Gasteiger partial charge in [-0.2, -0.15) is 0 Å². The van der Waals surface area contributed by atoms with Gasteiger partial charge in [-0.05, 0) is 29.8 Å². The van der Waals surface area contributed by atoms with Crippen LogP contribution in [0.2, 0.25) is 0 Å². The molecule has 0 N–H and O–H groups in total. The van der Waals surface area contributed by atoms with E-state index in [1.165, 1.54) is 21.3 Å². The number of esters is 2. The summed E-state index contributed by atoms with van der Waals surface area (Å²) in [6.45, 7) is 0.0309. The molecule has 0 radical (unpaired) electrons. The summed E-state index contributed by atoms with van der Waals surface area (Å²) in [5.74, 6) is 0.0272. The second-order valence-electron chi connectivity index (χ2n) is 4.87. The van der Waals surface area contributed by atoms with Gasteiger partial charge in [-0.3, -0.25) is 0 Å². The molecule has 0 saturated heterocycles. The number of rotatable bonds is 6. The van der Waals surface area contributed by atoms with Crippen molar-refractivity contribution in [3.63, 3.8) is 0 Å². The summed E-state index contributed by atoms with van der Waals surface area (Å²) in [7, 11) is 4.32. The lowest BCUT2D eigenvalue weighted by molar-refractivity contribution is 0.0472. The largest absolute Gasteiger partial charge is 0.497 e. The lowest BCUT2D eigenvalue weighted by Gasteiger charge is -2.09. The highest BCUT2D eigenvalue weighted by Crippen LogP contribution is 2.23. The number of benzene rings is 2. The molecule has 6 heteroatoms. The molecule has 0 aromatic heterocycles. The Morgan fingerprint density at radius 1 is 0.833 bits per heavy atom. The summed E-state index contributed by atoms with van der Waals surface area (Å²) in [4.78, 5) is 23.7. The van der Waals surface area contributed by atoms with Crippen molar-refractivity contribution in [3.05, 3.63) is 59.2 Å². The predicted octanol–water partition coefficient (Wildman–Crippen LogP) is 2.85. The molecule has 2 aromatic rings. The van der Waals surface area contributed by atoms with E-state index in [0.717, 1.165) is 0 Å². The van der Waals surface area contributed by atoms with Crippen LogP contribution in [0, 0.1) is 0 Å². The number of ether oxygens (including phenoxy) is 4. The van der Waals surface area contributed by atoms with Crippen molar-refractivity contribution in [2.75, 3.05) is 21.3 Å². The SMILES string of the molecule is COC(=O)c1cccc(COC(=O)c2cc(OC)cc(OC)c2)c1. The van der Waals surface area contributed by atoms with E-state index < -0.39 is 11.9 Å². The van der Waals surface area contributed by atoms with Crippen LogP contribution in [-0.4, -0.2) is 33.3 Å². The summed E-state index contributed by atoms with van der Waals surface area (Å²) in [6.07, 6.45) is 0. The number of hydrogen-bond donors (Lipinski definition) is 0. The van der Waals surface area contributed by atoms with Crippen molar-refractivity contribution in [3.8, 4) is 11.5 Å². The molecule has 0 amide bonds. The van der Waals surface area contributed by atoms with Gasteiger partial charge in [0.05, 0.1) is 32.5 Å². The fourth-order valence-electron chi connectivity index (χ4n) is 2.06. The highest BCUT2D eigenvalue weighted by Gasteiger charge is 2.12. The van der Waals surface area contributed by atoms with Gasteiger partial charge >= 0.3 is 11.9 Å². The zero-order valence-corrected chi connectivity index (χ0v) is 13.7. The van der Waals surface area contributed by atoms with E-state index in [-0.39, 0.29) is 6.61 Å². The minimum absolute atomic E-state index is 0.0309. The maximum atomic E-state index is 12.2. The van der Waals surface area contributed by atoms with E-state index >= 15 is 0 Å². The molecule has 0 bridgehead atoms. The maximum Gasteiger partial charge on any atom is 0.338 e. The first-order valence-electron chi connectivity index (χ1n) is 7.15. The molecule has 2 rings (SSSR count). The molecule has 0 atom stereocenters. The van der Waals surface area contributed by atoms with Crippen LogP contribution in [0.15, 0.2) is 42.5 Å². The Hall–Kier alpha value is -3.02. The van der Waals surface area contributed by atoms with Crippen LogP contribution in [-0.2, 0) is 16.1 Å². The number of hydrogen-bond acceptors (Lipinski definition) is 6. The molecule has 0 aliphatic heterocycles. The molecule has 0 aliphatic carbocycles. The molecule has 0 unspecified atom stereocenters. The average molecular weight is 330 g/mol. The monoisotopic (exact) mass is 330 g/mol. The van der Waals surface area contributed by atoms with Crippen molar-refractivity contribution >= 4 is 11.9 Å². The van der Waals surface area contributed by atoms with E-state index in [2.05, 4.69) is 4.74 Å². The van der Waals surface area contributed by atoms with E-state index in [0.29, 0.717) is 28.2 Å². The quantitative estimate of drug-likeness (QED) is 0.759. The first-order chi connectivity index (χ1) is 11.6. The molecule has 0 fully saturated rings. The van der Waals surface area contributed by atoms with E-state index in [4.69, 9.17) is 14.2 Å². The minimum atomic E-state index is -0.518. The molecule has 126 valence electrons. The Bertz CT molecular complexity index is 716. The molecular weight excluding hydrogens is 312 g/mol. The summed E-state index contributed by atoms with van der Waals surface area (Å²) in [6, 6.07) is 11.5. The van der Waals surface area contributed by atoms with E-state index in [1.54, 1.807) is 42.5 Å². The van der Waals surface area contributed by atoms with Crippen molar-refractivity contribution in [2.45, 2.75) is 6.61 Å². The molecular formula is C18H18O6. The van der Waals surface area contributed by atoms with Gasteiger partial charge in [0.25, 0.3) is 0 Å². The van der Waals surface area contributed by atoms with Gasteiger partial charge in [0, 0.05) is 6.07 Å². The molecule has 0 saturated carbocycles.